The summed E-state index contributed by atoms with van der Waals surface area (Å²) in [7, 11) is 0. The van der Waals surface area contributed by atoms with Gasteiger partial charge in [-0.1, -0.05) is 12.1 Å². The summed E-state index contributed by atoms with van der Waals surface area (Å²) < 4.78 is 0. The van der Waals surface area contributed by atoms with Gasteiger partial charge < -0.3 is 10.8 Å². The van der Waals surface area contributed by atoms with E-state index in [0.29, 0.717) is 11.3 Å². The topological polar surface area (TPSA) is 63.3 Å². The lowest BCUT2D eigenvalue weighted by atomic mass is 10.3. The van der Waals surface area contributed by atoms with Gasteiger partial charge in [0.2, 0.25) is 0 Å². The second kappa shape index (κ2) is 5.46. The molecule has 4 heteroatoms. The van der Waals surface area contributed by atoms with Gasteiger partial charge in [0.25, 0.3) is 0 Å². The number of thioether (sulfide) groups is 1. The lowest BCUT2D eigenvalue weighted by Crippen LogP contribution is -1.96. The third kappa shape index (κ3) is 4.08. The van der Waals surface area contributed by atoms with Crippen molar-refractivity contribution in [3.63, 3.8) is 0 Å². The standard InChI is InChI=1S/C11H13NO2S/c1-8(11(13)14)5-6-15-10-4-2-3-9(12)7-10/h2-5,7H,6,12H2,1H3,(H,13,14). The highest BCUT2D eigenvalue weighted by molar-refractivity contribution is 7.99. The normalized spacial score (nSPS) is 11.4. The van der Waals surface area contributed by atoms with Gasteiger partial charge in [-0.25, -0.2) is 4.79 Å². The Labute approximate surface area is 93.0 Å². The van der Waals surface area contributed by atoms with Gasteiger partial charge in [-0.3, -0.25) is 0 Å². The molecule has 0 heterocycles. The minimum absolute atomic E-state index is 0.367. The monoisotopic (exact) mass is 223 g/mol. The van der Waals surface area contributed by atoms with Gasteiger partial charge >= 0.3 is 5.97 Å². The maximum absolute atomic E-state index is 10.5. The van der Waals surface area contributed by atoms with E-state index in [9.17, 15) is 4.79 Å². The number of carboxylic acids is 1. The van der Waals surface area contributed by atoms with Crippen molar-refractivity contribution in [1.82, 2.24) is 0 Å². The molecule has 0 atom stereocenters. The first kappa shape index (κ1) is 11.7. The number of rotatable bonds is 4. The number of carboxylic acid groups (broad SMARTS) is 1. The van der Waals surface area contributed by atoms with Crippen LogP contribution >= 0.6 is 11.8 Å². The first-order valence-electron chi connectivity index (χ1n) is 4.48. The highest BCUT2D eigenvalue weighted by Crippen LogP contribution is 2.20. The van der Waals surface area contributed by atoms with Crippen LogP contribution in [0.5, 0.6) is 0 Å². The summed E-state index contributed by atoms with van der Waals surface area (Å²) in [6.45, 7) is 1.59. The average molecular weight is 223 g/mol. The van der Waals surface area contributed by atoms with E-state index in [-0.39, 0.29) is 0 Å². The lowest BCUT2D eigenvalue weighted by Gasteiger charge is -1.99. The summed E-state index contributed by atoms with van der Waals surface area (Å²) in [5.74, 6) is -0.232. The van der Waals surface area contributed by atoms with Gasteiger partial charge in [-0.15, -0.1) is 11.8 Å². The number of hydrogen-bond acceptors (Lipinski definition) is 3. The minimum Gasteiger partial charge on any atom is -0.478 e. The fourth-order valence-corrected chi connectivity index (χ4v) is 1.87. The molecule has 1 aromatic carbocycles. The molecule has 0 aliphatic heterocycles. The molecule has 0 bridgehead atoms. The Morgan fingerprint density at radius 3 is 2.93 bits per heavy atom. The molecule has 0 fully saturated rings. The van der Waals surface area contributed by atoms with Crippen molar-refractivity contribution in [1.29, 1.82) is 0 Å². The molecule has 0 spiro atoms. The molecule has 0 amide bonds. The summed E-state index contributed by atoms with van der Waals surface area (Å²) in [4.78, 5) is 11.5. The molecule has 15 heavy (non-hydrogen) atoms. The fraction of sp³-hybridized carbons (Fsp3) is 0.182. The van der Waals surface area contributed by atoms with Crippen LogP contribution in [0.3, 0.4) is 0 Å². The Balaban J connectivity index is 2.51. The molecule has 0 saturated carbocycles. The van der Waals surface area contributed by atoms with Crippen molar-refractivity contribution in [3.8, 4) is 0 Å². The highest BCUT2D eigenvalue weighted by atomic mass is 32.2. The van der Waals surface area contributed by atoms with E-state index in [1.165, 1.54) is 0 Å². The summed E-state index contributed by atoms with van der Waals surface area (Å²) in [5.41, 5.74) is 6.70. The average Bonchev–Trinajstić information content (AvgIpc) is 2.17. The van der Waals surface area contributed by atoms with Crippen LogP contribution in [-0.2, 0) is 4.79 Å². The number of nitrogens with two attached hydrogens (primary N) is 1. The van der Waals surface area contributed by atoms with Crippen LogP contribution in [0.15, 0.2) is 40.8 Å². The first-order valence-corrected chi connectivity index (χ1v) is 5.46. The zero-order valence-corrected chi connectivity index (χ0v) is 9.25. The van der Waals surface area contributed by atoms with Crippen LogP contribution in [0.25, 0.3) is 0 Å². The summed E-state index contributed by atoms with van der Waals surface area (Å²) in [5, 5.41) is 8.63. The molecule has 0 aromatic heterocycles. The van der Waals surface area contributed by atoms with Crippen LogP contribution in [0.2, 0.25) is 0 Å². The molecule has 0 aliphatic carbocycles. The Kier molecular flexibility index (Phi) is 4.24. The summed E-state index contributed by atoms with van der Waals surface area (Å²) >= 11 is 1.56. The maximum Gasteiger partial charge on any atom is 0.330 e. The number of benzene rings is 1. The van der Waals surface area contributed by atoms with Gasteiger partial charge in [0.05, 0.1) is 0 Å². The molecular formula is C11H13NO2S. The minimum atomic E-state index is -0.872. The van der Waals surface area contributed by atoms with E-state index in [4.69, 9.17) is 10.8 Å². The fourth-order valence-electron chi connectivity index (χ4n) is 0.955. The number of aliphatic carboxylic acids is 1. The second-order valence-electron chi connectivity index (χ2n) is 3.08. The third-order valence-electron chi connectivity index (χ3n) is 1.83. The van der Waals surface area contributed by atoms with Crippen molar-refractivity contribution in [2.75, 3.05) is 11.5 Å². The van der Waals surface area contributed by atoms with Crippen molar-refractivity contribution < 1.29 is 9.90 Å². The van der Waals surface area contributed by atoms with E-state index in [2.05, 4.69) is 0 Å². The van der Waals surface area contributed by atoms with Crippen LogP contribution < -0.4 is 5.73 Å². The zero-order chi connectivity index (χ0) is 11.3. The predicted molar refractivity (Wildman–Crippen MR) is 63.0 cm³/mol. The Morgan fingerprint density at radius 2 is 2.33 bits per heavy atom. The van der Waals surface area contributed by atoms with Crippen molar-refractivity contribution in [3.05, 3.63) is 35.9 Å². The molecule has 3 nitrogen and oxygen atoms in total. The van der Waals surface area contributed by atoms with Crippen LogP contribution in [-0.4, -0.2) is 16.8 Å². The van der Waals surface area contributed by atoms with Crippen molar-refractivity contribution in [2.24, 2.45) is 0 Å². The lowest BCUT2D eigenvalue weighted by molar-refractivity contribution is -0.132. The maximum atomic E-state index is 10.5. The molecule has 1 rings (SSSR count). The zero-order valence-electron chi connectivity index (χ0n) is 8.43. The number of anilines is 1. The smallest absolute Gasteiger partial charge is 0.330 e. The number of nitrogen functional groups attached to an aromatic ring is 1. The molecule has 3 N–H and O–H groups in total. The van der Waals surface area contributed by atoms with Gasteiger partial charge in [-0.05, 0) is 25.1 Å². The van der Waals surface area contributed by atoms with Gasteiger partial charge in [0, 0.05) is 21.9 Å². The summed E-state index contributed by atoms with van der Waals surface area (Å²) in [6.07, 6.45) is 1.69. The van der Waals surface area contributed by atoms with E-state index in [1.807, 2.05) is 24.3 Å². The largest absolute Gasteiger partial charge is 0.478 e. The van der Waals surface area contributed by atoms with Gasteiger partial charge in [-0.2, -0.15) is 0 Å². The number of carbonyl (C=O) groups is 1. The molecule has 1 aromatic rings. The first-order chi connectivity index (χ1) is 7.09. The quantitative estimate of drug-likeness (QED) is 0.467. The number of hydrogen-bond donors (Lipinski definition) is 2. The van der Waals surface area contributed by atoms with Gasteiger partial charge in [0.15, 0.2) is 0 Å². The predicted octanol–water partition coefficient (Wildman–Crippen LogP) is 2.39. The van der Waals surface area contributed by atoms with Crippen molar-refractivity contribution >= 4 is 23.4 Å². The van der Waals surface area contributed by atoms with E-state index in [0.717, 1.165) is 10.6 Å². The van der Waals surface area contributed by atoms with E-state index < -0.39 is 5.97 Å². The van der Waals surface area contributed by atoms with E-state index in [1.54, 1.807) is 24.8 Å². The third-order valence-corrected chi connectivity index (χ3v) is 2.76. The van der Waals surface area contributed by atoms with E-state index >= 15 is 0 Å². The van der Waals surface area contributed by atoms with Crippen molar-refractivity contribution in [2.45, 2.75) is 11.8 Å². The molecule has 0 aliphatic rings. The second-order valence-corrected chi connectivity index (χ2v) is 4.17. The Bertz CT molecular complexity index is 388. The Morgan fingerprint density at radius 1 is 1.60 bits per heavy atom. The van der Waals surface area contributed by atoms with Gasteiger partial charge in [0.1, 0.15) is 0 Å². The molecular weight excluding hydrogens is 210 g/mol. The highest BCUT2D eigenvalue weighted by Gasteiger charge is 1.98. The van der Waals surface area contributed by atoms with Crippen LogP contribution in [0.4, 0.5) is 5.69 Å². The SMILES string of the molecule is CC(=CCSc1cccc(N)c1)C(=O)O. The van der Waals surface area contributed by atoms with Crippen LogP contribution in [0.1, 0.15) is 6.92 Å². The molecule has 0 saturated heterocycles. The van der Waals surface area contributed by atoms with Crippen LogP contribution in [0, 0.1) is 0 Å². The summed E-state index contributed by atoms with van der Waals surface area (Å²) in [6, 6.07) is 7.52. The Hall–Kier alpha value is -1.42. The molecule has 0 radical (unpaired) electrons. The molecule has 0 unspecified atom stereocenters. The molecule has 80 valence electrons.